The van der Waals surface area contributed by atoms with E-state index < -0.39 is 0 Å². The highest BCUT2D eigenvalue weighted by atomic mass is 16.3. The lowest BCUT2D eigenvalue weighted by Gasteiger charge is -2.15. The summed E-state index contributed by atoms with van der Waals surface area (Å²) in [5, 5.41) is 13.2. The van der Waals surface area contributed by atoms with Gasteiger partial charge in [-0.3, -0.25) is 0 Å². The van der Waals surface area contributed by atoms with Gasteiger partial charge in [-0.25, -0.2) is 4.98 Å². The zero-order valence-corrected chi connectivity index (χ0v) is 13.5. The maximum Gasteiger partial charge on any atom is 0.115 e. The third-order valence-corrected chi connectivity index (χ3v) is 4.61. The maximum absolute atomic E-state index is 9.61. The first-order valence-corrected chi connectivity index (χ1v) is 8.44. The van der Waals surface area contributed by atoms with Gasteiger partial charge in [0.15, 0.2) is 0 Å². The van der Waals surface area contributed by atoms with Crippen LogP contribution in [0.25, 0.3) is 22.5 Å². The molecule has 4 nitrogen and oxygen atoms in total. The molecule has 0 saturated carbocycles. The minimum atomic E-state index is 0.281. The van der Waals surface area contributed by atoms with Gasteiger partial charge in [0.05, 0.1) is 17.7 Å². The number of aromatic nitrogens is 2. The van der Waals surface area contributed by atoms with Gasteiger partial charge in [0.1, 0.15) is 5.75 Å². The molecule has 24 heavy (non-hydrogen) atoms. The summed E-state index contributed by atoms with van der Waals surface area (Å²) in [5.41, 5.74) is 4.27. The largest absolute Gasteiger partial charge is 0.508 e. The lowest BCUT2D eigenvalue weighted by Crippen LogP contribution is -2.26. The number of hydrogen-bond acceptors (Lipinski definition) is 3. The number of rotatable bonds is 4. The van der Waals surface area contributed by atoms with Crippen LogP contribution in [0, 0.1) is 0 Å². The Labute approximate surface area is 141 Å². The molecule has 0 amide bonds. The summed E-state index contributed by atoms with van der Waals surface area (Å²) in [5.74, 6) is 0.281. The van der Waals surface area contributed by atoms with Crippen molar-refractivity contribution in [3.63, 3.8) is 0 Å². The topological polar surface area (TPSA) is 50.1 Å². The van der Waals surface area contributed by atoms with Gasteiger partial charge in [-0.05, 0) is 43.7 Å². The van der Waals surface area contributed by atoms with Crippen LogP contribution < -0.4 is 5.32 Å². The normalized spacial score (nSPS) is 17.2. The summed E-state index contributed by atoms with van der Waals surface area (Å²) in [7, 11) is 0. The lowest BCUT2D eigenvalue weighted by molar-refractivity contribution is 0.475. The van der Waals surface area contributed by atoms with Crippen LogP contribution in [0.2, 0.25) is 0 Å². The second-order valence-corrected chi connectivity index (χ2v) is 6.30. The quantitative estimate of drug-likeness (QED) is 0.771. The van der Waals surface area contributed by atoms with Crippen molar-refractivity contribution in [2.75, 3.05) is 6.54 Å². The number of benzene rings is 2. The smallest absolute Gasteiger partial charge is 0.115 e. The number of imidazole rings is 1. The van der Waals surface area contributed by atoms with Gasteiger partial charge in [0.25, 0.3) is 0 Å². The van der Waals surface area contributed by atoms with E-state index in [1.54, 1.807) is 12.1 Å². The molecule has 2 aromatic carbocycles. The molecule has 3 aromatic rings. The van der Waals surface area contributed by atoms with Crippen LogP contribution in [0.1, 0.15) is 12.8 Å². The first-order chi connectivity index (χ1) is 11.8. The molecule has 4 heteroatoms. The maximum atomic E-state index is 9.61. The zero-order chi connectivity index (χ0) is 16.4. The standard InChI is InChI=1S/C20H21N3O/c24-18-10-8-16(9-11-18)20-19(15-5-2-1-3-6-15)22-14-23(20)13-17-7-4-12-21-17/h1-3,5-6,8-11,14,17,21,24H,4,7,12-13H2/t17-/m1/s1. The monoisotopic (exact) mass is 319 g/mol. The minimum absolute atomic E-state index is 0.281. The van der Waals surface area contributed by atoms with Crippen molar-refractivity contribution in [2.24, 2.45) is 0 Å². The van der Waals surface area contributed by atoms with E-state index in [0.29, 0.717) is 6.04 Å². The molecule has 1 fully saturated rings. The zero-order valence-electron chi connectivity index (χ0n) is 13.5. The number of aromatic hydroxyl groups is 1. The third-order valence-electron chi connectivity index (χ3n) is 4.61. The number of nitrogens with zero attached hydrogens (tertiary/aromatic N) is 2. The lowest BCUT2D eigenvalue weighted by atomic mass is 10.0. The summed E-state index contributed by atoms with van der Waals surface area (Å²) in [4.78, 5) is 4.70. The van der Waals surface area contributed by atoms with E-state index in [4.69, 9.17) is 4.98 Å². The first kappa shape index (κ1) is 15.0. The van der Waals surface area contributed by atoms with Crippen LogP contribution >= 0.6 is 0 Å². The molecule has 0 bridgehead atoms. The van der Waals surface area contributed by atoms with Crippen molar-refractivity contribution in [2.45, 2.75) is 25.4 Å². The Bertz CT molecular complexity index is 803. The number of hydrogen-bond donors (Lipinski definition) is 2. The van der Waals surface area contributed by atoms with Crippen molar-refractivity contribution in [1.29, 1.82) is 0 Å². The second kappa shape index (κ2) is 6.49. The third kappa shape index (κ3) is 2.93. The second-order valence-electron chi connectivity index (χ2n) is 6.30. The average Bonchev–Trinajstić information content (AvgIpc) is 3.27. The molecule has 122 valence electrons. The van der Waals surface area contributed by atoms with E-state index in [1.165, 1.54) is 12.8 Å². The highest BCUT2D eigenvalue weighted by molar-refractivity contribution is 5.78. The summed E-state index contributed by atoms with van der Waals surface area (Å²) < 4.78 is 2.23. The van der Waals surface area contributed by atoms with Crippen LogP contribution in [-0.4, -0.2) is 27.2 Å². The fourth-order valence-corrected chi connectivity index (χ4v) is 3.40. The molecule has 2 N–H and O–H groups in total. The van der Waals surface area contributed by atoms with Crippen molar-refractivity contribution in [1.82, 2.24) is 14.9 Å². The number of phenols is 1. The predicted molar refractivity (Wildman–Crippen MR) is 95.8 cm³/mol. The van der Waals surface area contributed by atoms with E-state index in [9.17, 15) is 5.11 Å². The number of phenolic OH excluding ortho intramolecular Hbond substituents is 1. The molecule has 1 aromatic heterocycles. The molecule has 0 radical (unpaired) electrons. The Morgan fingerprint density at radius 2 is 1.83 bits per heavy atom. The van der Waals surface area contributed by atoms with Crippen molar-refractivity contribution >= 4 is 0 Å². The fraction of sp³-hybridized carbons (Fsp3) is 0.250. The molecule has 4 rings (SSSR count). The van der Waals surface area contributed by atoms with Gasteiger partial charge in [-0.2, -0.15) is 0 Å². The van der Waals surface area contributed by atoms with E-state index in [2.05, 4.69) is 22.0 Å². The van der Waals surface area contributed by atoms with Gasteiger partial charge >= 0.3 is 0 Å². The summed E-state index contributed by atoms with van der Waals surface area (Å²) >= 11 is 0. The van der Waals surface area contributed by atoms with Crippen LogP contribution in [-0.2, 0) is 6.54 Å². The average molecular weight is 319 g/mol. The molecule has 1 atom stereocenters. The van der Waals surface area contributed by atoms with Gasteiger partial charge in [0, 0.05) is 23.7 Å². The van der Waals surface area contributed by atoms with Gasteiger partial charge < -0.3 is 15.0 Å². The van der Waals surface area contributed by atoms with E-state index in [-0.39, 0.29) is 5.75 Å². The highest BCUT2D eigenvalue weighted by Crippen LogP contribution is 2.32. The Kier molecular flexibility index (Phi) is 4.05. The van der Waals surface area contributed by atoms with Crippen LogP contribution in [0.3, 0.4) is 0 Å². The first-order valence-electron chi connectivity index (χ1n) is 8.44. The molecule has 0 spiro atoms. The highest BCUT2D eigenvalue weighted by Gasteiger charge is 2.19. The van der Waals surface area contributed by atoms with Crippen molar-refractivity contribution in [3.05, 3.63) is 60.9 Å². The Hall–Kier alpha value is -2.59. The van der Waals surface area contributed by atoms with E-state index in [1.807, 2.05) is 36.7 Å². The van der Waals surface area contributed by atoms with Crippen LogP contribution in [0.15, 0.2) is 60.9 Å². The summed E-state index contributed by atoms with van der Waals surface area (Å²) in [6.07, 6.45) is 4.37. The van der Waals surface area contributed by atoms with Crippen LogP contribution in [0.5, 0.6) is 5.75 Å². The molecular formula is C20H21N3O. The molecule has 0 unspecified atom stereocenters. The predicted octanol–water partition coefficient (Wildman–Crippen LogP) is 3.67. The van der Waals surface area contributed by atoms with Crippen LogP contribution in [0.4, 0.5) is 0 Å². The van der Waals surface area contributed by atoms with Crippen molar-refractivity contribution < 1.29 is 5.11 Å². The molecule has 2 heterocycles. The molecule has 1 aliphatic rings. The van der Waals surface area contributed by atoms with Crippen molar-refractivity contribution in [3.8, 4) is 28.3 Å². The van der Waals surface area contributed by atoms with E-state index in [0.717, 1.165) is 35.6 Å². The Balaban J connectivity index is 1.79. The van der Waals surface area contributed by atoms with Gasteiger partial charge in [0.2, 0.25) is 0 Å². The fourth-order valence-electron chi connectivity index (χ4n) is 3.40. The number of nitrogens with one attached hydrogen (secondary N) is 1. The Morgan fingerprint density at radius 1 is 1.04 bits per heavy atom. The minimum Gasteiger partial charge on any atom is -0.508 e. The van der Waals surface area contributed by atoms with Gasteiger partial charge in [-0.15, -0.1) is 0 Å². The molecular weight excluding hydrogens is 298 g/mol. The molecule has 1 saturated heterocycles. The van der Waals surface area contributed by atoms with E-state index >= 15 is 0 Å². The SMILES string of the molecule is Oc1ccc(-c2c(-c3ccccc3)ncn2C[C@H]2CCCN2)cc1. The Morgan fingerprint density at radius 3 is 2.54 bits per heavy atom. The summed E-state index contributed by atoms with van der Waals surface area (Å²) in [6, 6.07) is 18.1. The summed E-state index contributed by atoms with van der Waals surface area (Å²) in [6.45, 7) is 2.01. The molecule has 0 aliphatic carbocycles. The molecule has 1 aliphatic heterocycles. The van der Waals surface area contributed by atoms with Gasteiger partial charge in [-0.1, -0.05) is 30.3 Å².